The number of fused-ring (bicyclic) bond motifs is 5. The number of aliphatic carboxylic acids is 1. The lowest BCUT2D eigenvalue weighted by Crippen LogP contribution is -2.55. The second-order valence-electron chi connectivity index (χ2n) is 10.5. The molecule has 4 rings (SSSR count). The average Bonchev–Trinajstić information content (AvgIpc) is 3.03. The van der Waals surface area contributed by atoms with Crippen molar-refractivity contribution < 1.29 is 34.4 Å². The topological polar surface area (TPSA) is 121 Å². The fourth-order valence-corrected chi connectivity index (χ4v) is 7.02. The van der Waals surface area contributed by atoms with Gasteiger partial charge in [0.05, 0.1) is 18.9 Å². The number of carboxylic acids is 1. The van der Waals surface area contributed by atoms with Gasteiger partial charge in [-0.15, -0.1) is 0 Å². The van der Waals surface area contributed by atoms with Crippen LogP contribution in [0.15, 0.2) is 23.3 Å². The van der Waals surface area contributed by atoms with E-state index >= 15 is 0 Å². The molecule has 4 aliphatic carbocycles. The summed E-state index contributed by atoms with van der Waals surface area (Å²) >= 11 is 0. The molecule has 0 spiro atoms. The van der Waals surface area contributed by atoms with Gasteiger partial charge < -0.3 is 20.1 Å². The minimum atomic E-state index is -1.56. The van der Waals surface area contributed by atoms with E-state index in [-0.39, 0.29) is 30.3 Å². The van der Waals surface area contributed by atoms with Gasteiger partial charge >= 0.3 is 11.9 Å². The Bertz CT molecular complexity index is 889. The molecule has 0 bridgehead atoms. The number of carboxylic acid groups (broad SMARTS) is 1. The highest BCUT2D eigenvalue weighted by Gasteiger charge is 2.64. The second kappa shape index (κ2) is 8.10. The molecule has 6 atom stereocenters. The van der Waals surface area contributed by atoms with Crippen molar-refractivity contribution >= 4 is 17.7 Å². The maximum absolute atomic E-state index is 13.1. The number of aliphatic hydroxyl groups excluding tert-OH is 1. The molecule has 0 radical (unpaired) electrons. The van der Waals surface area contributed by atoms with Crippen LogP contribution in [0, 0.1) is 22.7 Å². The lowest BCUT2D eigenvalue weighted by atomic mass is 9.50. The van der Waals surface area contributed by atoms with Gasteiger partial charge in [-0.2, -0.15) is 0 Å². The average molecular weight is 447 g/mol. The van der Waals surface area contributed by atoms with Crippen molar-refractivity contribution in [3.8, 4) is 0 Å². The molecule has 176 valence electrons. The van der Waals surface area contributed by atoms with E-state index in [9.17, 15) is 24.6 Å². The second-order valence-corrected chi connectivity index (χ2v) is 10.5. The number of carbonyl (C=O) groups is 3. The zero-order chi connectivity index (χ0) is 23.3. The summed E-state index contributed by atoms with van der Waals surface area (Å²) in [6.45, 7) is 3.73. The number of hydrogen-bond donors (Lipinski definition) is 3. The number of hydrogen-bond acceptors (Lipinski definition) is 6. The van der Waals surface area contributed by atoms with Crippen LogP contribution in [0.1, 0.15) is 71.6 Å². The van der Waals surface area contributed by atoms with Gasteiger partial charge in [0.1, 0.15) is 5.60 Å². The molecule has 0 amide bonds. The van der Waals surface area contributed by atoms with Gasteiger partial charge in [0.15, 0.2) is 6.61 Å². The Morgan fingerprint density at radius 2 is 1.88 bits per heavy atom. The highest BCUT2D eigenvalue weighted by atomic mass is 16.5. The molecule has 3 N–H and O–H groups in total. The molecule has 4 aliphatic rings. The van der Waals surface area contributed by atoms with Crippen LogP contribution in [0.3, 0.4) is 0 Å². The summed E-state index contributed by atoms with van der Waals surface area (Å²) in [5.74, 6) is -1.87. The predicted molar refractivity (Wildman–Crippen MR) is 115 cm³/mol. The number of ketones is 1. The van der Waals surface area contributed by atoms with Crippen LogP contribution in [-0.4, -0.2) is 51.4 Å². The number of carbonyl (C=O) groups excluding carboxylic acids is 2. The van der Waals surface area contributed by atoms with Crippen LogP contribution >= 0.6 is 0 Å². The van der Waals surface area contributed by atoms with Crippen molar-refractivity contribution in [1.82, 2.24) is 0 Å². The summed E-state index contributed by atoms with van der Waals surface area (Å²) in [6.07, 6.45) is 8.47. The number of Topliss-reactive ketones (excluding diaryl/α,β-unsaturated/α-hetero) is 1. The first kappa shape index (κ1) is 23.2. The largest absolute Gasteiger partial charge is 0.481 e. The standard InChI is InChI=1S/C25H34O7/c1-23-10-7-16(26)13-15(23)3-4-17-18(23)8-11-24(2)19(17)9-12-25(24,31)20(27)14-32-22(30)6-5-21(28)29/h8,13,16-17,19,26,31H,3-7,9-12,14H2,1-2H3,(H,28,29)/t16?,17?,19?,23-,24-,25-/m0/s1. The third kappa shape index (κ3) is 3.54. The van der Waals surface area contributed by atoms with Gasteiger partial charge in [-0.3, -0.25) is 14.4 Å². The highest BCUT2D eigenvalue weighted by molar-refractivity contribution is 5.91. The van der Waals surface area contributed by atoms with Gasteiger partial charge in [0, 0.05) is 10.8 Å². The van der Waals surface area contributed by atoms with Crippen LogP contribution in [0.5, 0.6) is 0 Å². The Hall–Kier alpha value is -1.99. The van der Waals surface area contributed by atoms with Gasteiger partial charge in [-0.05, 0) is 56.8 Å². The summed E-state index contributed by atoms with van der Waals surface area (Å²) in [7, 11) is 0. The van der Waals surface area contributed by atoms with E-state index in [1.54, 1.807) is 0 Å². The molecular weight excluding hydrogens is 412 g/mol. The zero-order valence-electron chi connectivity index (χ0n) is 18.9. The summed E-state index contributed by atoms with van der Waals surface area (Å²) in [5.41, 5.74) is 0.485. The van der Waals surface area contributed by atoms with Crippen LogP contribution in [0.25, 0.3) is 0 Å². The van der Waals surface area contributed by atoms with Crippen molar-refractivity contribution in [1.29, 1.82) is 0 Å². The van der Waals surface area contributed by atoms with Crippen molar-refractivity contribution in [2.75, 3.05) is 6.61 Å². The van der Waals surface area contributed by atoms with E-state index in [1.807, 2.05) is 13.0 Å². The van der Waals surface area contributed by atoms with Crippen molar-refractivity contribution in [2.24, 2.45) is 22.7 Å². The molecule has 0 saturated heterocycles. The maximum Gasteiger partial charge on any atom is 0.306 e. The van der Waals surface area contributed by atoms with Gasteiger partial charge in [-0.25, -0.2) is 0 Å². The van der Waals surface area contributed by atoms with E-state index in [0.717, 1.165) is 32.1 Å². The lowest BCUT2D eigenvalue weighted by molar-refractivity contribution is -0.163. The van der Waals surface area contributed by atoms with Crippen LogP contribution in [0.2, 0.25) is 0 Å². The minimum absolute atomic E-state index is 0.0478. The Labute approximate surface area is 188 Å². The molecule has 0 aromatic heterocycles. The van der Waals surface area contributed by atoms with Crippen molar-refractivity contribution in [2.45, 2.75) is 83.3 Å². The molecule has 0 aliphatic heterocycles. The predicted octanol–water partition coefficient (Wildman–Crippen LogP) is 2.94. The van der Waals surface area contributed by atoms with E-state index in [1.165, 1.54) is 11.1 Å². The monoisotopic (exact) mass is 446 g/mol. The van der Waals surface area contributed by atoms with E-state index in [2.05, 4.69) is 13.0 Å². The Kier molecular flexibility index (Phi) is 5.87. The first-order valence-electron chi connectivity index (χ1n) is 11.7. The number of rotatable bonds is 6. The third-order valence-corrected chi connectivity index (χ3v) is 8.98. The Morgan fingerprint density at radius 3 is 2.59 bits per heavy atom. The number of esters is 1. The fourth-order valence-electron chi connectivity index (χ4n) is 7.02. The van der Waals surface area contributed by atoms with Crippen molar-refractivity contribution in [3.05, 3.63) is 23.3 Å². The molecule has 7 nitrogen and oxygen atoms in total. The smallest absolute Gasteiger partial charge is 0.306 e. The number of allylic oxidation sites excluding steroid dienone is 3. The molecule has 32 heavy (non-hydrogen) atoms. The Morgan fingerprint density at radius 1 is 1.12 bits per heavy atom. The van der Waals surface area contributed by atoms with Crippen LogP contribution < -0.4 is 0 Å². The molecule has 7 heteroatoms. The quantitative estimate of drug-likeness (QED) is 0.424. The normalized spacial score (nSPS) is 40.3. The number of aliphatic hydroxyl groups is 2. The molecule has 0 heterocycles. The summed E-state index contributed by atoms with van der Waals surface area (Å²) in [4.78, 5) is 35.4. The van der Waals surface area contributed by atoms with Crippen LogP contribution in [-0.2, 0) is 19.1 Å². The first-order chi connectivity index (χ1) is 15.0. The summed E-state index contributed by atoms with van der Waals surface area (Å²) in [5, 5.41) is 30.3. The van der Waals surface area contributed by atoms with Gasteiger partial charge in [0.25, 0.3) is 0 Å². The summed E-state index contributed by atoms with van der Waals surface area (Å²) < 4.78 is 5.00. The molecular formula is C25H34O7. The number of ether oxygens (including phenoxy) is 1. The molecule has 2 fully saturated rings. The van der Waals surface area contributed by atoms with Crippen LogP contribution in [0.4, 0.5) is 0 Å². The van der Waals surface area contributed by atoms with Gasteiger partial charge in [0.2, 0.25) is 5.78 Å². The molecule has 2 saturated carbocycles. The summed E-state index contributed by atoms with van der Waals surface area (Å²) in [6, 6.07) is 0. The lowest BCUT2D eigenvalue weighted by Gasteiger charge is -2.54. The minimum Gasteiger partial charge on any atom is -0.481 e. The molecule has 0 aromatic rings. The van der Waals surface area contributed by atoms with Gasteiger partial charge in [-0.1, -0.05) is 37.1 Å². The molecule has 0 aromatic carbocycles. The van der Waals surface area contributed by atoms with E-state index in [4.69, 9.17) is 9.84 Å². The fraction of sp³-hybridized carbons (Fsp3) is 0.720. The maximum atomic E-state index is 13.1. The highest BCUT2D eigenvalue weighted by Crippen LogP contribution is 2.65. The zero-order valence-corrected chi connectivity index (χ0v) is 18.9. The molecule has 3 unspecified atom stereocenters. The SMILES string of the molecule is C[C@]12CCC(O)C=C1CCC1C2=CC[C@@]2(C)C1CC[C@]2(O)C(=O)COC(=O)CCC(=O)O. The van der Waals surface area contributed by atoms with Crippen molar-refractivity contribution in [3.63, 3.8) is 0 Å². The third-order valence-electron chi connectivity index (χ3n) is 8.98. The van der Waals surface area contributed by atoms with E-state index < -0.39 is 35.3 Å². The van der Waals surface area contributed by atoms with E-state index in [0.29, 0.717) is 18.8 Å². The first-order valence-corrected chi connectivity index (χ1v) is 11.7. The Balaban J connectivity index is 1.52.